The zero-order valence-electron chi connectivity index (χ0n) is 17.1. The molecule has 0 saturated carbocycles. The maximum Gasteiger partial charge on any atom is 0.235 e. The number of aliphatic hydroxyl groups excluding tert-OH is 1. The number of nitriles is 1. The molecule has 4 rings (SSSR count). The molecule has 0 aliphatic rings. The van der Waals surface area contributed by atoms with Crippen molar-refractivity contribution in [3.63, 3.8) is 0 Å². The molecule has 9 heteroatoms. The van der Waals surface area contributed by atoms with Crippen LogP contribution in [0, 0.1) is 35.0 Å². The Morgan fingerprint density at radius 1 is 1.19 bits per heavy atom. The van der Waals surface area contributed by atoms with Crippen LogP contribution >= 0.6 is 0 Å². The fourth-order valence-electron chi connectivity index (χ4n) is 2.97. The Labute approximate surface area is 184 Å². The van der Waals surface area contributed by atoms with Crippen molar-refractivity contribution in [1.29, 1.82) is 5.26 Å². The molecule has 0 amide bonds. The molecule has 0 saturated heterocycles. The summed E-state index contributed by atoms with van der Waals surface area (Å²) in [4.78, 5) is 4.16. The first-order valence-corrected chi connectivity index (χ1v) is 9.66. The van der Waals surface area contributed by atoms with Gasteiger partial charge in [0.1, 0.15) is 30.0 Å². The zero-order valence-corrected chi connectivity index (χ0v) is 17.1. The molecule has 3 aromatic heterocycles. The van der Waals surface area contributed by atoms with Crippen LogP contribution in [0.2, 0.25) is 0 Å². The Hall–Kier alpha value is -4.65. The summed E-state index contributed by atoms with van der Waals surface area (Å²) in [5, 5.41) is 30.1. The molecule has 0 aliphatic carbocycles. The van der Waals surface area contributed by atoms with E-state index in [1.165, 1.54) is 6.33 Å². The molecule has 0 aliphatic heterocycles. The molecule has 1 atom stereocenters. The fourth-order valence-corrected chi connectivity index (χ4v) is 2.97. The summed E-state index contributed by atoms with van der Waals surface area (Å²) in [7, 11) is 0. The summed E-state index contributed by atoms with van der Waals surface area (Å²) in [6.45, 7) is 2.43. The highest BCUT2D eigenvalue weighted by molar-refractivity contribution is 5.59. The highest BCUT2D eigenvalue weighted by Gasteiger charge is 2.12. The van der Waals surface area contributed by atoms with E-state index in [1.807, 2.05) is 41.0 Å². The molecule has 0 fully saturated rings. The van der Waals surface area contributed by atoms with Crippen molar-refractivity contribution in [2.45, 2.75) is 26.1 Å². The van der Waals surface area contributed by atoms with Gasteiger partial charge in [-0.15, -0.1) is 10.2 Å². The lowest BCUT2D eigenvalue weighted by Gasteiger charge is -2.07. The van der Waals surface area contributed by atoms with Crippen LogP contribution in [0.4, 0.5) is 0 Å². The smallest absolute Gasteiger partial charge is 0.235 e. The molecule has 4 aromatic rings. The van der Waals surface area contributed by atoms with Crippen LogP contribution < -0.4 is 0 Å². The van der Waals surface area contributed by atoms with E-state index in [0.717, 1.165) is 16.8 Å². The standard InChI is InChI=1S/C23H17N7O2/c1-17(31)23-25-10-12-29(23)15-20-13-21(32-28-20)19-8-6-18(7-9-19)5-3-2-4-11-30-16-26-27-22(30)14-24/h6-10,12-13,16-17,31H,11,15H2,1H3/t17-/m0/s1. The van der Waals surface area contributed by atoms with E-state index < -0.39 is 6.10 Å². The van der Waals surface area contributed by atoms with Crippen molar-refractivity contribution in [1.82, 2.24) is 29.5 Å². The molecule has 1 N–H and O–H groups in total. The Bertz CT molecular complexity index is 1380. The Kier molecular flexibility index (Phi) is 6.08. The number of hydrogen-bond donors (Lipinski definition) is 1. The second-order valence-corrected chi connectivity index (χ2v) is 6.80. The van der Waals surface area contributed by atoms with Crippen molar-refractivity contribution in [3.8, 4) is 41.1 Å². The predicted molar refractivity (Wildman–Crippen MR) is 113 cm³/mol. The van der Waals surface area contributed by atoms with Gasteiger partial charge in [0.05, 0.1) is 13.1 Å². The third-order valence-electron chi connectivity index (χ3n) is 4.50. The average Bonchev–Trinajstić information content (AvgIpc) is 3.55. The van der Waals surface area contributed by atoms with Crippen LogP contribution in [-0.2, 0) is 13.1 Å². The molecule has 32 heavy (non-hydrogen) atoms. The number of nitrogens with zero attached hydrogens (tertiary/aromatic N) is 7. The van der Waals surface area contributed by atoms with Crippen molar-refractivity contribution in [2.24, 2.45) is 0 Å². The van der Waals surface area contributed by atoms with Gasteiger partial charge in [-0.25, -0.2) is 4.98 Å². The van der Waals surface area contributed by atoms with Crippen LogP contribution in [0.1, 0.15) is 35.9 Å². The van der Waals surface area contributed by atoms with Crippen LogP contribution in [0.25, 0.3) is 11.3 Å². The summed E-state index contributed by atoms with van der Waals surface area (Å²) >= 11 is 0. The first-order chi connectivity index (χ1) is 15.6. The molecule has 3 heterocycles. The van der Waals surface area contributed by atoms with Crippen molar-refractivity contribution in [2.75, 3.05) is 0 Å². The van der Waals surface area contributed by atoms with E-state index in [4.69, 9.17) is 9.78 Å². The minimum absolute atomic E-state index is 0.215. The summed E-state index contributed by atoms with van der Waals surface area (Å²) in [6, 6.07) is 11.4. The SMILES string of the molecule is C[C@H](O)c1nccn1Cc1cc(-c2ccc(C#CC#CCn3cnnc3C#N)cc2)on1. The van der Waals surface area contributed by atoms with E-state index in [-0.39, 0.29) is 5.82 Å². The van der Waals surface area contributed by atoms with Gasteiger partial charge in [0, 0.05) is 29.6 Å². The fraction of sp³-hybridized carbons (Fsp3) is 0.174. The van der Waals surface area contributed by atoms with E-state index in [0.29, 0.717) is 24.7 Å². The lowest BCUT2D eigenvalue weighted by Crippen LogP contribution is -2.07. The second-order valence-electron chi connectivity index (χ2n) is 6.80. The van der Waals surface area contributed by atoms with Gasteiger partial charge in [0.15, 0.2) is 5.76 Å². The van der Waals surface area contributed by atoms with E-state index in [9.17, 15) is 5.11 Å². The molecule has 0 radical (unpaired) electrons. The van der Waals surface area contributed by atoms with Crippen LogP contribution in [0.5, 0.6) is 0 Å². The normalized spacial score (nSPS) is 11.0. The predicted octanol–water partition coefficient (Wildman–Crippen LogP) is 2.16. The van der Waals surface area contributed by atoms with E-state index >= 15 is 0 Å². The molecule has 0 bridgehead atoms. The molecule has 1 aromatic carbocycles. The molecular weight excluding hydrogens is 406 g/mol. The number of benzene rings is 1. The largest absolute Gasteiger partial charge is 0.385 e. The topological polar surface area (TPSA) is 119 Å². The number of aliphatic hydroxyl groups is 1. The minimum atomic E-state index is -0.660. The Morgan fingerprint density at radius 3 is 2.81 bits per heavy atom. The Balaban J connectivity index is 1.39. The first kappa shape index (κ1) is 20.6. The van der Waals surface area contributed by atoms with Crippen LogP contribution in [0.15, 0.2) is 53.6 Å². The highest BCUT2D eigenvalue weighted by Crippen LogP contribution is 2.22. The quantitative estimate of drug-likeness (QED) is 0.489. The van der Waals surface area contributed by atoms with Gasteiger partial charge in [-0.3, -0.25) is 4.57 Å². The van der Waals surface area contributed by atoms with Crippen molar-refractivity contribution < 1.29 is 9.63 Å². The van der Waals surface area contributed by atoms with E-state index in [1.54, 1.807) is 23.9 Å². The third-order valence-corrected chi connectivity index (χ3v) is 4.50. The minimum Gasteiger partial charge on any atom is -0.385 e. The van der Waals surface area contributed by atoms with Gasteiger partial charge in [-0.1, -0.05) is 17.0 Å². The van der Waals surface area contributed by atoms with Crippen molar-refractivity contribution >= 4 is 0 Å². The number of rotatable bonds is 5. The highest BCUT2D eigenvalue weighted by atomic mass is 16.5. The van der Waals surface area contributed by atoms with Gasteiger partial charge < -0.3 is 14.2 Å². The third kappa shape index (κ3) is 4.73. The zero-order chi connectivity index (χ0) is 22.3. The Morgan fingerprint density at radius 2 is 2.03 bits per heavy atom. The summed E-state index contributed by atoms with van der Waals surface area (Å²) in [6.07, 6.45) is 4.23. The number of aromatic nitrogens is 6. The van der Waals surface area contributed by atoms with Crippen LogP contribution in [-0.4, -0.2) is 34.6 Å². The summed E-state index contributed by atoms with van der Waals surface area (Å²) in [5.74, 6) is 12.8. The van der Waals surface area contributed by atoms with Gasteiger partial charge in [-0.2, -0.15) is 5.26 Å². The van der Waals surface area contributed by atoms with Crippen LogP contribution in [0.3, 0.4) is 0 Å². The molecule has 156 valence electrons. The lowest BCUT2D eigenvalue weighted by molar-refractivity contribution is 0.184. The van der Waals surface area contributed by atoms with Gasteiger partial charge >= 0.3 is 0 Å². The monoisotopic (exact) mass is 423 g/mol. The lowest BCUT2D eigenvalue weighted by atomic mass is 10.1. The van der Waals surface area contributed by atoms with Crippen molar-refractivity contribution in [3.05, 3.63) is 72.0 Å². The second kappa shape index (κ2) is 9.44. The summed E-state index contributed by atoms with van der Waals surface area (Å²) < 4.78 is 8.85. The van der Waals surface area contributed by atoms with Gasteiger partial charge in [0.25, 0.3) is 0 Å². The summed E-state index contributed by atoms with van der Waals surface area (Å²) in [5.41, 5.74) is 2.41. The van der Waals surface area contributed by atoms with E-state index in [2.05, 4.69) is 44.0 Å². The first-order valence-electron chi connectivity index (χ1n) is 9.66. The molecule has 0 spiro atoms. The molecular formula is C23H17N7O2. The number of hydrogen-bond acceptors (Lipinski definition) is 7. The maximum atomic E-state index is 9.77. The molecule has 0 unspecified atom stereocenters. The average molecular weight is 423 g/mol. The molecule has 9 nitrogen and oxygen atoms in total. The van der Waals surface area contributed by atoms with Gasteiger partial charge in [0.2, 0.25) is 5.82 Å². The number of imidazole rings is 1. The maximum absolute atomic E-state index is 9.77. The van der Waals surface area contributed by atoms with Gasteiger partial charge in [-0.05, 0) is 43.0 Å².